The molecule has 0 atom stereocenters. The van der Waals surface area contributed by atoms with Gasteiger partial charge in [0.05, 0.1) is 12.6 Å². The largest absolute Gasteiger partial charge is 0.496 e. The van der Waals surface area contributed by atoms with Gasteiger partial charge in [-0.2, -0.15) is 0 Å². The maximum Gasteiger partial charge on any atom is 0.264 e. The van der Waals surface area contributed by atoms with Crippen molar-refractivity contribution in [3.63, 3.8) is 0 Å². The minimum absolute atomic E-state index is 0.0577. The van der Waals surface area contributed by atoms with Crippen LogP contribution in [0.15, 0.2) is 83.9 Å². The van der Waals surface area contributed by atoms with Gasteiger partial charge in [0.15, 0.2) is 0 Å². The molecule has 0 saturated carbocycles. The lowest BCUT2D eigenvalue weighted by Gasteiger charge is -2.23. The predicted molar refractivity (Wildman–Crippen MR) is 153 cm³/mol. The summed E-state index contributed by atoms with van der Waals surface area (Å²) in [5.41, 5.74) is 3.66. The molecule has 1 amide bonds. The zero-order valence-corrected chi connectivity index (χ0v) is 22.9. The van der Waals surface area contributed by atoms with E-state index in [9.17, 15) is 13.2 Å². The number of fused-ring (bicyclic) bond motifs is 1. The van der Waals surface area contributed by atoms with Crippen molar-refractivity contribution in [2.24, 2.45) is 0 Å². The van der Waals surface area contributed by atoms with Crippen molar-refractivity contribution in [1.82, 2.24) is 14.8 Å². The highest BCUT2D eigenvalue weighted by molar-refractivity contribution is 7.93. The Kier molecular flexibility index (Phi) is 7.81. The van der Waals surface area contributed by atoms with E-state index in [2.05, 4.69) is 27.6 Å². The van der Waals surface area contributed by atoms with E-state index in [-0.39, 0.29) is 10.8 Å². The van der Waals surface area contributed by atoms with Gasteiger partial charge < -0.3 is 9.64 Å². The monoisotopic (exact) mass is 544 g/mol. The quantitative estimate of drug-likeness (QED) is 0.363. The summed E-state index contributed by atoms with van der Waals surface area (Å²) in [7, 11) is -2.17. The molecule has 0 unspecified atom stereocenters. The highest BCUT2D eigenvalue weighted by Crippen LogP contribution is 2.25. The first-order valence-electron chi connectivity index (χ1n) is 13.0. The van der Waals surface area contributed by atoms with E-state index in [0.717, 1.165) is 42.8 Å². The zero-order valence-electron chi connectivity index (χ0n) is 22.1. The highest BCUT2D eigenvalue weighted by Gasteiger charge is 2.22. The minimum Gasteiger partial charge on any atom is -0.496 e. The van der Waals surface area contributed by atoms with E-state index >= 15 is 0 Å². The van der Waals surface area contributed by atoms with Crippen LogP contribution < -0.4 is 9.46 Å². The fourth-order valence-electron chi connectivity index (χ4n) is 4.97. The molecule has 4 aromatic rings. The molecular formula is C30H32N4O4S. The summed E-state index contributed by atoms with van der Waals surface area (Å²) < 4.78 is 34.4. The number of nitrogens with one attached hydrogen (secondary N) is 1. The Balaban J connectivity index is 1.23. The number of para-hydroxylation sites is 1. The number of hydrogen-bond acceptors (Lipinski definition) is 6. The number of benzene rings is 3. The summed E-state index contributed by atoms with van der Waals surface area (Å²) in [5, 5.41) is 0.746. The van der Waals surface area contributed by atoms with Crippen molar-refractivity contribution >= 4 is 32.5 Å². The molecule has 1 N–H and O–H groups in total. The van der Waals surface area contributed by atoms with Gasteiger partial charge in [0.25, 0.3) is 15.9 Å². The molecule has 9 heteroatoms. The number of pyridine rings is 1. The van der Waals surface area contributed by atoms with Crippen LogP contribution in [0.3, 0.4) is 0 Å². The van der Waals surface area contributed by atoms with Crippen LogP contribution in [0.4, 0.5) is 5.69 Å². The third-order valence-corrected chi connectivity index (χ3v) is 8.39. The van der Waals surface area contributed by atoms with Crippen LogP contribution in [0.25, 0.3) is 10.9 Å². The molecular weight excluding hydrogens is 512 g/mol. The van der Waals surface area contributed by atoms with Crippen LogP contribution >= 0.6 is 0 Å². The summed E-state index contributed by atoms with van der Waals surface area (Å²) in [6.45, 7) is 5.79. The summed E-state index contributed by atoms with van der Waals surface area (Å²) >= 11 is 0. The van der Waals surface area contributed by atoms with Crippen molar-refractivity contribution in [2.45, 2.75) is 24.8 Å². The predicted octanol–water partition coefficient (Wildman–Crippen LogP) is 4.70. The highest BCUT2D eigenvalue weighted by atomic mass is 32.2. The van der Waals surface area contributed by atoms with Crippen molar-refractivity contribution < 1.29 is 17.9 Å². The third-order valence-electron chi connectivity index (χ3n) is 6.97. The second-order valence-corrected chi connectivity index (χ2v) is 11.4. The lowest BCUT2D eigenvalue weighted by atomic mass is 10.1. The van der Waals surface area contributed by atoms with Crippen LogP contribution in [0.1, 0.15) is 27.9 Å². The molecule has 1 aromatic heterocycles. The van der Waals surface area contributed by atoms with Crippen LogP contribution in [-0.4, -0.2) is 62.4 Å². The molecule has 1 aliphatic heterocycles. The maximum atomic E-state index is 13.3. The number of anilines is 1. The normalized spacial score (nSPS) is 14.7. The zero-order chi connectivity index (χ0) is 27.4. The number of ether oxygens (including phenoxy) is 1. The fourth-order valence-corrected chi connectivity index (χ4v) is 6.21. The second kappa shape index (κ2) is 11.4. The van der Waals surface area contributed by atoms with Crippen molar-refractivity contribution in [3.05, 3.63) is 95.7 Å². The summed E-state index contributed by atoms with van der Waals surface area (Å²) in [6, 6.07) is 21.4. The number of nitrogens with zero attached hydrogens (tertiary/aromatic N) is 3. The van der Waals surface area contributed by atoms with E-state index < -0.39 is 10.0 Å². The molecule has 1 aliphatic rings. The Labute approximate surface area is 229 Å². The number of methoxy groups -OCH3 is 1. The standard InChI is InChI=1S/C30H32N4O4S/c1-22-9-14-27(38-2)25(20-22)21-33-16-5-17-34(19-18-33)30(35)24-10-12-26(13-11-24)32-39(36,37)28-8-3-6-23-7-4-15-31-29(23)28/h3-4,6-15,20,32H,5,16-19,21H2,1-2H3. The van der Waals surface area contributed by atoms with Gasteiger partial charge in [-0.25, -0.2) is 8.42 Å². The number of carbonyl (C=O) groups is 1. The van der Waals surface area contributed by atoms with Gasteiger partial charge in [-0.1, -0.05) is 35.9 Å². The molecule has 202 valence electrons. The Morgan fingerprint density at radius 1 is 0.974 bits per heavy atom. The Morgan fingerprint density at radius 3 is 2.56 bits per heavy atom. The van der Waals surface area contributed by atoms with Crippen LogP contribution in [0.5, 0.6) is 5.75 Å². The first-order valence-corrected chi connectivity index (χ1v) is 14.4. The molecule has 5 rings (SSSR count). The second-order valence-electron chi connectivity index (χ2n) is 9.75. The van der Waals surface area contributed by atoms with Crippen LogP contribution in [-0.2, 0) is 16.6 Å². The topological polar surface area (TPSA) is 91.8 Å². The van der Waals surface area contributed by atoms with Gasteiger partial charge in [0.2, 0.25) is 0 Å². The molecule has 1 fully saturated rings. The van der Waals surface area contributed by atoms with E-state index in [4.69, 9.17) is 4.74 Å². The molecule has 8 nitrogen and oxygen atoms in total. The average molecular weight is 545 g/mol. The van der Waals surface area contributed by atoms with E-state index in [1.54, 1.807) is 49.7 Å². The molecule has 39 heavy (non-hydrogen) atoms. The Bertz CT molecular complexity index is 1580. The van der Waals surface area contributed by atoms with E-state index in [1.807, 2.05) is 29.2 Å². The molecule has 1 saturated heterocycles. The Morgan fingerprint density at radius 2 is 1.77 bits per heavy atom. The SMILES string of the molecule is COc1ccc(C)cc1CN1CCCN(C(=O)c2ccc(NS(=O)(=O)c3cccc4cccnc34)cc2)CC1. The molecule has 0 aliphatic carbocycles. The summed E-state index contributed by atoms with van der Waals surface area (Å²) in [6.07, 6.45) is 2.44. The summed E-state index contributed by atoms with van der Waals surface area (Å²) in [5.74, 6) is 0.822. The fraction of sp³-hybridized carbons (Fsp3) is 0.267. The van der Waals surface area contributed by atoms with E-state index in [1.165, 1.54) is 11.6 Å². The molecule has 2 heterocycles. The smallest absolute Gasteiger partial charge is 0.264 e. The van der Waals surface area contributed by atoms with Gasteiger partial charge in [0.1, 0.15) is 10.6 Å². The van der Waals surface area contributed by atoms with Gasteiger partial charge in [0, 0.05) is 61.1 Å². The minimum atomic E-state index is -3.86. The van der Waals surface area contributed by atoms with Gasteiger partial charge >= 0.3 is 0 Å². The van der Waals surface area contributed by atoms with E-state index in [0.29, 0.717) is 29.9 Å². The number of rotatable bonds is 7. The van der Waals surface area contributed by atoms with Crippen LogP contribution in [0, 0.1) is 6.92 Å². The van der Waals surface area contributed by atoms with Crippen molar-refractivity contribution in [3.8, 4) is 5.75 Å². The number of sulfonamides is 1. The first-order chi connectivity index (χ1) is 18.8. The number of carbonyl (C=O) groups excluding carboxylic acids is 1. The molecule has 3 aromatic carbocycles. The van der Waals surface area contributed by atoms with Gasteiger partial charge in [-0.15, -0.1) is 0 Å². The average Bonchev–Trinajstić information content (AvgIpc) is 3.18. The number of hydrogen-bond donors (Lipinski definition) is 1. The Hall–Kier alpha value is -3.95. The first kappa shape index (κ1) is 26.6. The lowest BCUT2D eigenvalue weighted by Crippen LogP contribution is -2.35. The lowest BCUT2D eigenvalue weighted by molar-refractivity contribution is 0.0761. The molecule has 0 bridgehead atoms. The maximum absolute atomic E-state index is 13.3. The third kappa shape index (κ3) is 6.05. The van der Waals surface area contributed by atoms with Gasteiger partial charge in [-0.05, 0) is 55.8 Å². The molecule has 0 radical (unpaired) electrons. The number of amides is 1. The van der Waals surface area contributed by atoms with Gasteiger partial charge in [-0.3, -0.25) is 19.4 Å². The van der Waals surface area contributed by atoms with Crippen molar-refractivity contribution in [1.29, 1.82) is 0 Å². The number of aromatic nitrogens is 1. The summed E-state index contributed by atoms with van der Waals surface area (Å²) in [4.78, 5) is 21.8. The number of aryl methyl sites for hydroxylation is 1. The van der Waals surface area contributed by atoms with Crippen LogP contribution in [0.2, 0.25) is 0 Å². The van der Waals surface area contributed by atoms with Crippen molar-refractivity contribution in [2.75, 3.05) is 38.0 Å². The molecule has 0 spiro atoms.